The number of amidine groups is 1. The largest absolute Gasteiger partial charge is 0.409 e. The monoisotopic (exact) mass is 210 g/mol. The van der Waals surface area contributed by atoms with Crippen molar-refractivity contribution in [3.05, 3.63) is 23.9 Å². The fraction of sp³-hybridized carbons (Fsp3) is 0.333. The Hall–Kier alpha value is -1.82. The highest BCUT2D eigenvalue weighted by molar-refractivity contribution is 5.96. The number of nitrogens with two attached hydrogens (primary N) is 1. The molecule has 0 spiro atoms. The van der Waals surface area contributed by atoms with E-state index in [9.17, 15) is 0 Å². The van der Waals surface area contributed by atoms with Gasteiger partial charge in [-0.3, -0.25) is 0 Å². The van der Waals surface area contributed by atoms with Crippen molar-refractivity contribution in [2.45, 2.75) is 0 Å². The molecule has 82 valence electrons. The highest BCUT2D eigenvalue weighted by Crippen LogP contribution is 2.08. The van der Waals surface area contributed by atoms with Crippen LogP contribution in [0.15, 0.2) is 23.5 Å². The van der Waals surface area contributed by atoms with Gasteiger partial charge in [-0.2, -0.15) is 0 Å². The number of nitrogens with zero attached hydrogens (tertiary/aromatic N) is 3. The first kappa shape index (κ1) is 11.3. The molecule has 6 nitrogen and oxygen atoms in total. The number of pyridine rings is 1. The summed E-state index contributed by atoms with van der Waals surface area (Å²) >= 11 is 0. The van der Waals surface area contributed by atoms with E-state index in [1.54, 1.807) is 17.0 Å². The van der Waals surface area contributed by atoms with Crippen molar-refractivity contribution in [3.63, 3.8) is 0 Å². The maximum atomic E-state index is 8.74. The Bertz CT molecular complexity index is 336. The molecule has 1 rings (SSSR count). The molecule has 0 saturated heterocycles. The van der Waals surface area contributed by atoms with Gasteiger partial charge in [0.1, 0.15) is 5.82 Å². The predicted octanol–water partition coefficient (Wildman–Crippen LogP) is -0.395. The molecule has 0 fully saturated rings. The Kier molecular flexibility index (Phi) is 3.87. The molecule has 0 saturated carbocycles. The molecule has 0 bridgehead atoms. The number of anilines is 1. The van der Waals surface area contributed by atoms with E-state index in [4.69, 9.17) is 16.0 Å². The number of aromatic nitrogens is 1. The van der Waals surface area contributed by atoms with E-state index in [0.717, 1.165) is 5.82 Å². The van der Waals surface area contributed by atoms with Crippen LogP contribution in [0.5, 0.6) is 0 Å². The van der Waals surface area contributed by atoms with Crippen molar-refractivity contribution in [2.24, 2.45) is 10.9 Å². The zero-order valence-electron chi connectivity index (χ0n) is 8.46. The van der Waals surface area contributed by atoms with Crippen LogP contribution < -0.4 is 10.6 Å². The Morgan fingerprint density at radius 3 is 2.80 bits per heavy atom. The third-order valence-corrected chi connectivity index (χ3v) is 1.98. The molecule has 0 atom stereocenters. The molecule has 0 radical (unpaired) electrons. The van der Waals surface area contributed by atoms with Gasteiger partial charge in [-0.25, -0.2) is 4.98 Å². The summed E-state index contributed by atoms with van der Waals surface area (Å²) in [4.78, 5) is 5.91. The summed E-state index contributed by atoms with van der Waals surface area (Å²) in [5.41, 5.74) is 5.94. The minimum Gasteiger partial charge on any atom is -0.409 e. The molecular formula is C9H14N4O2. The third kappa shape index (κ3) is 2.81. The summed E-state index contributed by atoms with van der Waals surface area (Å²) in [5.74, 6) is 0.748. The van der Waals surface area contributed by atoms with Crippen LogP contribution >= 0.6 is 0 Å². The normalized spacial score (nSPS) is 11.5. The van der Waals surface area contributed by atoms with Crippen molar-refractivity contribution in [3.8, 4) is 0 Å². The number of oxime groups is 1. The number of aliphatic hydroxyl groups is 1. The average Bonchev–Trinajstić information content (AvgIpc) is 2.28. The van der Waals surface area contributed by atoms with Crippen molar-refractivity contribution in [1.82, 2.24) is 4.98 Å². The molecule has 0 unspecified atom stereocenters. The van der Waals surface area contributed by atoms with Gasteiger partial charge >= 0.3 is 0 Å². The Morgan fingerprint density at radius 1 is 1.60 bits per heavy atom. The minimum absolute atomic E-state index is 0.0267. The van der Waals surface area contributed by atoms with E-state index >= 15 is 0 Å². The zero-order valence-corrected chi connectivity index (χ0v) is 8.46. The first-order chi connectivity index (χ1) is 7.19. The molecule has 0 aliphatic rings. The minimum atomic E-state index is 0.0267. The van der Waals surface area contributed by atoms with Crippen LogP contribution in [0.2, 0.25) is 0 Å². The lowest BCUT2D eigenvalue weighted by molar-refractivity contribution is 0.304. The summed E-state index contributed by atoms with van der Waals surface area (Å²) in [5, 5.41) is 20.1. The lowest BCUT2D eigenvalue weighted by Crippen LogP contribution is -2.22. The first-order valence-corrected chi connectivity index (χ1v) is 4.45. The van der Waals surface area contributed by atoms with Crippen LogP contribution in [-0.4, -0.2) is 41.3 Å². The summed E-state index contributed by atoms with van der Waals surface area (Å²) in [6.45, 7) is 0.579. The molecule has 15 heavy (non-hydrogen) atoms. The molecule has 1 aromatic rings. The van der Waals surface area contributed by atoms with E-state index in [-0.39, 0.29) is 12.4 Å². The lowest BCUT2D eigenvalue weighted by atomic mass is 10.2. The molecule has 0 amide bonds. The van der Waals surface area contributed by atoms with Crippen LogP contribution in [0.3, 0.4) is 0 Å². The fourth-order valence-electron chi connectivity index (χ4n) is 1.09. The SMILES string of the molecule is CN(CCO)c1ccc(/C(N)=N/O)cn1. The lowest BCUT2D eigenvalue weighted by Gasteiger charge is -2.16. The summed E-state index contributed by atoms with van der Waals surface area (Å²) < 4.78 is 0. The summed E-state index contributed by atoms with van der Waals surface area (Å²) in [7, 11) is 1.82. The molecule has 4 N–H and O–H groups in total. The van der Waals surface area contributed by atoms with Crippen molar-refractivity contribution in [1.29, 1.82) is 0 Å². The number of rotatable bonds is 4. The van der Waals surface area contributed by atoms with Crippen LogP contribution in [-0.2, 0) is 0 Å². The Morgan fingerprint density at radius 2 is 2.33 bits per heavy atom. The van der Waals surface area contributed by atoms with E-state index < -0.39 is 0 Å². The standard InChI is InChI=1S/C9H14N4O2/c1-13(4-5-14)8-3-2-7(6-11-8)9(10)12-15/h2-3,6,14-15H,4-5H2,1H3,(H2,10,12). The van der Waals surface area contributed by atoms with E-state index in [1.165, 1.54) is 6.20 Å². The predicted molar refractivity (Wildman–Crippen MR) is 57.1 cm³/mol. The zero-order chi connectivity index (χ0) is 11.3. The van der Waals surface area contributed by atoms with Gasteiger partial charge in [-0.1, -0.05) is 5.16 Å². The van der Waals surface area contributed by atoms with E-state index in [1.807, 2.05) is 7.05 Å². The Labute approximate surface area is 87.6 Å². The molecule has 0 aromatic carbocycles. The van der Waals surface area contributed by atoms with Gasteiger partial charge in [0.2, 0.25) is 0 Å². The molecular weight excluding hydrogens is 196 g/mol. The van der Waals surface area contributed by atoms with Crippen LogP contribution in [0.25, 0.3) is 0 Å². The van der Waals surface area contributed by atoms with Gasteiger partial charge < -0.3 is 20.9 Å². The smallest absolute Gasteiger partial charge is 0.171 e. The highest BCUT2D eigenvalue weighted by atomic mass is 16.4. The van der Waals surface area contributed by atoms with Crippen molar-refractivity contribution >= 4 is 11.7 Å². The Balaban J connectivity index is 2.80. The molecule has 0 aliphatic heterocycles. The van der Waals surface area contributed by atoms with Crippen molar-refractivity contribution < 1.29 is 10.3 Å². The number of aliphatic hydroxyl groups excluding tert-OH is 1. The fourth-order valence-corrected chi connectivity index (χ4v) is 1.09. The molecule has 1 heterocycles. The summed E-state index contributed by atoms with van der Waals surface area (Å²) in [6, 6.07) is 3.44. The van der Waals surface area contributed by atoms with E-state index in [2.05, 4.69) is 10.1 Å². The number of hydrogen-bond donors (Lipinski definition) is 3. The van der Waals surface area contributed by atoms with Gasteiger partial charge in [0, 0.05) is 25.4 Å². The quantitative estimate of drug-likeness (QED) is 0.272. The average molecular weight is 210 g/mol. The second-order valence-electron chi connectivity index (χ2n) is 3.04. The topological polar surface area (TPSA) is 95.0 Å². The highest BCUT2D eigenvalue weighted by Gasteiger charge is 2.03. The second kappa shape index (κ2) is 5.16. The van der Waals surface area contributed by atoms with E-state index in [0.29, 0.717) is 12.1 Å². The summed E-state index contributed by atoms with van der Waals surface area (Å²) in [6.07, 6.45) is 1.51. The molecule has 6 heteroatoms. The van der Waals surface area contributed by atoms with Gasteiger partial charge in [0.05, 0.1) is 6.61 Å². The van der Waals surface area contributed by atoms with Gasteiger partial charge in [-0.05, 0) is 12.1 Å². The van der Waals surface area contributed by atoms with Gasteiger partial charge in [-0.15, -0.1) is 0 Å². The third-order valence-electron chi connectivity index (χ3n) is 1.98. The maximum Gasteiger partial charge on any atom is 0.171 e. The second-order valence-corrected chi connectivity index (χ2v) is 3.04. The number of likely N-dealkylation sites (N-methyl/N-ethyl adjacent to an activating group) is 1. The van der Waals surface area contributed by atoms with Gasteiger partial charge in [0.15, 0.2) is 5.84 Å². The van der Waals surface area contributed by atoms with Gasteiger partial charge in [0.25, 0.3) is 0 Å². The number of hydrogen-bond acceptors (Lipinski definition) is 5. The van der Waals surface area contributed by atoms with Crippen LogP contribution in [0, 0.1) is 0 Å². The van der Waals surface area contributed by atoms with Crippen molar-refractivity contribution in [2.75, 3.05) is 25.1 Å². The first-order valence-electron chi connectivity index (χ1n) is 4.45. The van der Waals surface area contributed by atoms with Crippen LogP contribution in [0.4, 0.5) is 5.82 Å². The molecule has 0 aliphatic carbocycles. The maximum absolute atomic E-state index is 8.74. The van der Waals surface area contributed by atoms with Crippen LogP contribution in [0.1, 0.15) is 5.56 Å². The molecule has 1 aromatic heterocycles.